The minimum Gasteiger partial charge on any atom is -0.396 e. The van der Waals surface area contributed by atoms with Crippen LogP contribution in [-0.2, 0) is 0 Å². The van der Waals surface area contributed by atoms with E-state index >= 15 is 0 Å². The quantitative estimate of drug-likeness (QED) is 0.847. The Hall–Kier alpha value is -0.940. The third-order valence-corrected chi connectivity index (χ3v) is 3.92. The van der Waals surface area contributed by atoms with Crippen molar-refractivity contribution in [3.63, 3.8) is 0 Å². The summed E-state index contributed by atoms with van der Waals surface area (Å²) in [5, 5.41) is 9.13. The Morgan fingerprint density at radius 3 is 3.19 bits per heavy atom. The fraction of sp³-hybridized carbons (Fsp3) is 0.636. The van der Waals surface area contributed by atoms with Gasteiger partial charge in [0, 0.05) is 19.7 Å². The molecule has 0 saturated carbocycles. The predicted molar refractivity (Wildman–Crippen MR) is 62.6 cm³/mol. The number of amides is 1. The number of aliphatic hydroxyl groups is 1. The van der Waals surface area contributed by atoms with E-state index in [0.717, 1.165) is 30.0 Å². The Bertz CT molecular complexity index is 378. The fourth-order valence-electron chi connectivity index (χ4n) is 2.05. The van der Waals surface area contributed by atoms with Gasteiger partial charge >= 0.3 is 0 Å². The maximum absolute atomic E-state index is 12.2. The fourth-order valence-corrected chi connectivity index (χ4v) is 2.82. The number of aryl methyl sites for hydroxylation is 1. The maximum Gasteiger partial charge on any atom is 0.265 e. The number of nitrogens with zero attached hydrogens (tertiary/aromatic N) is 2. The van der Waals surface area contributed by atoms with Gasteiger partial charge in [0.1, 0.15) is 4.88 Å². The number of hydrogen-bond acceptors (Lipinski definition) is 4. The van der Waals surface area contributed by atoms with Crippen LogP contribution in [0.25, 0.3) is 0 Å². The second kappa shape index (κ2) is 4.93. The van der Waals surface area contributed by atoms with E-state index in [1.165, 1.54) is 11.3 Å². The molecule has 0 bridgehead atoms. The molecule has 1 fully saturated rings. The monoisotopic (exact) mass is 240 g/mol. The molecule has 0 radical (unpaired) electrons. The summed E-state index contributed by atoms with van der Waals surface area (Å²) in [5.74, 6) is 0.309. The number of likely N-dealkylation sites (tertiary alicyclic amines) is 1. The first-order chi connectivity index (χ1) is 7.72. The number of thiazole rings is 1. The predicted octanol–water partition coefficient (Wildman–Crippen LogP) is 1.30. The van der Waals surface area contributed by atoms with Gasteiger partial charge in [-0.1, -0.05) is 0 Å². The summed E-state index contributed by atoms with van der Waals surface area (Å²) in [7, 11) is 0. The van der Waals surface area contributed by atoms with Gasteiger partial charge in [0.25, 0.3) is 5.91 Å². The highest BCUT2D eigenvalue weighted by molar-refractivity contribution is 7.11. The van der Waals surface area contributed by atoms with E-state index in [0.29, 0.717) is 6.54 Å². The normalized spacial score (nSPS) is 21.1. The topological polar surface area (TPSA) is 53.4 Å². The van der Waals surface area contributed by atoms with E-state index in [1.54, 1.807) is 5.51 Å². The van der Waals surface area contributed by atoms with Crippen LogP contribution in [0.3, 0.4) is 0 Å². The van der Waals surface area contributed by atoms with Gasteiger partial charge in [-0.15, -0.1) is 11.3 Å². The Morgan fingerprint density at radius 2 is 2.56 bits per heavy atom. The van der Waals surface area contributed by atoms with E-state index in [4.69, 9.17) is 5.11 Å². The molecule has 1 amide bonds. The van der Waals surface area contributed by atoms with Gasteiger partial charge in [-0.05, 0) is 25.7 Å². The first kappa shape index (κ1) is 11.5. The molecule has 1 aromatic heterocycles. The molecule has 88 valence electrons. The van der Waals surface area contributed by atoms with E-state index in [2.05, 4.69) is 4.98 Å². The van der Waals surface area contributed by atoms with Crippen LogP contribution in [0.2, 0.25) is 0 Å². The van der Waals surface area contributed by atoms with Crippen LogP contribution in [0.5, 0.6) is 0 Å². The molecule has 1 unspecified atom stereocenters. The number of carbonyl (C=O) groups is 1. The summed E-state index contributed by atoms with van der Waals surface area (Å²) in [4.78, 5) is 18.8. The van der Waals surface area contributed by atoms with E-state index in [-0.39, 0.29) is 18.4 Å². The van der Waals surface area contributed by atoms with Gasteiger partial charge in [-0.3, -0.25) is 4.79 Å². The zero-order valence-electron chi connectivity index (χ0n) is 9.35. The van der Waals surface area contributed by atoms with Crippen molar-refractivity contribution in [2.75, 3.05) is 19.7 Å². The second-order valence-corrected chi connectivity index (χ2v) is 5.06. The van der Waals surface area contributed by atoms with Crippen molar-refractivity contribution in [1.82, 2.24) is 9.88 Å². The molecule has 1 N–H and O–H groups in total. The first-order valence-electron chi connectivity index (χ1n) is 5.52. The molecule has 1 aliphatic rings. The molecular formula is C11H16N2O2S. The molecule has 0 aliphatic carbocycles. The molecule has 2 heterocycles. The molecule has 1 aliphatic heterocycles. The van der Waals surface area contributed by atoms with Crippen molar-refractivity contribution in [1.29, 1.82) is 0 Å². The molecule has 4 nitrogen and oxygen atoms in total. The van der Waals surface area contributed by atoms with Crippen LogP contribution in [-0.4, -0.2) is 40.6 Å². The molecule has 1 aromatic rings. The third-order valence-electron chi connectivity index (χ3n) is 3.00. The molecule has 16 heavy (non-hydrogen) atoms. The molecule has 0 aromatic carbocycles. The van der Waals surface area contributed by atoms with Gasteiger partial charge in [0.15, 0.2) is 0 Å². The SMILES string of the molecule is Cc1ncsc1C(=O)N1CCCC(CO)C1. The molecule has 5 heteroatoms. The minimum absolute atomic E-state index is 0.0677. The van der Waals surface area contributed by atoms with Crippen molar-refractivity contribution in [2.45, 2.75) is 19.8 Å². The highest BCUT2D eigenvalue weighted by Crippen LogP contribution is 2.21. The average molecular weight is 240 g/mol. The highest BCUT2D eigenvalue weighted by Gasteiger charge is 2.25. The number of aliphatic hydroxyl groups excluding tert-OH is 1. The van der Waals surface area contributed by atoms with Crippen LogP contribution in [0.4, 0.5) is 0 Å². The number of aromatic nitrogens is 1. The summed E-state index contributed by atoms with van der Waals surface area (Å²) >= 11 is 1.40. The van der Waals surface area contributed by atoms with Gasteiger partial charge in [0.05, 0.1) is 11.2 Å². The van der Waals surface area contributed by atoms with Crippen LogP contribution in [0.15, 0.2) is 5.51 Å². The van der Waals surface area contributed by atoms with E-state index < -0.39 is 0 Å². The number of carbonyl (C=O) groups excluding carboxylic acids is 1. The van der Waals surface area contributed by atoms with Crippen molar-refractivity contribution in [2.24, 2.45) is 5.92 Å². The van der Waals surface area contributed by atoms with Gasteiger partial charge in [-0.2, -0.15) is 0 Å². The maximum atomic E-state index is 12.2. The standard InChI is InChI=1S/C11H16N2O2S/c1-8-10(16-7-12-8)11(15)13-4-2-3-9(5-13)6-14/h7,9,14H,2-6H2,1H3. The Morgan fingerprint density at radius 1 is 1.75 bits per heavy atom. The highest BCUT2D eigenvalue weighted by atomic mass is 32.1. The van der Waals surface area contributed by atoms with Crippen LogP contribution >= 0.6 is 11.3 Å². The average Bonchev–Trinajstić information content (AvgIpc) is 2.74. The Labute approximate surface area is 98.9 Å². The lowest BCUT2D eigenvalue weighted by atomic mass is 9.99. The summed E-state index contributed by atoms with van der Waals surface area (Å²) in [6, 6.07) is 0. The van der Waals surface area contributed by atoms with E-state index in [9.17, 15) is 4.79 Å². The van der Waals surface area contributed by atoms with Crippen molar-refractivity contribution in [3.8, 4) is 0 Å². The lowest BCUT2D eigenvalue weighted by molar-refractivity contribution is 0.0624. The molecule has 0 spiro atoms. The summed E-state index contributed by atoms with van der Waals surface area (Å²) in [6.07, 6.45) is 2.00. The van der Waals surface area contributed by atoms with Crippen molar-refractivity contribution in [3.05, 3.63) is 16.1 Å². The Kier molecular flexibility index (Phi) is 3.56. The summed E-state index contributed by atoms with van der Waals surface area (Å²) in [6.45, 7) is 3.50. The van der Waals surface area contributed by atoms with Crippen molar-refractivity contribution >= 4 is 17.2 Å². The van der Waals surface area contributed by atoms with Crippen LogP contribution in [0, 0.1) is 12.8 Å². The first-order valence-corrected chi connectivity index (χ1v) is 6.40. The summed E-state index contributed by atoms with van der Waals surface area (Å²) < 4.78 is 0. The minimum atomic E-state index is 0.0677. The number of piperidine rings is 1. The molecule has 2 rings (SSSR count). The number of hydrogen-bond donors (Lipinski definition) is 1. The second-order valence-electron chi connectivity index (χ2n) is 4.21. The number of rotatable bonds is 2. The zero-order valence-corrected chi connectivity index (χ0v) is 10.2. The largest absolute Gasteiger partial charge is 0.396 e. The molecular weight excluding hydrogens is 224 g/mol. The van der Waals surface area contributed by atoms with E-state index in [1.807, 2.05) is 11.8 Å². The summed E-state index contributed by atoms with van der Waals surface area (Å²) in [5.41, 5.74) is 2.51. The van der Waals surface area contributed by atoms with Crippen molar-refractivity contribution < 1.29 is 9.90 Å². The zero-order chi connectivity index (χ0) is 11.5. The third kappa shape index (κ3) is 2.25. The lowest BCUT2D eigenvalue weighted by Gasteiger charge is -2.31. The van der Waals surface area contributed by atoms with Gasteiger partial charge in [0.2, 0.25) is 0 Å². The molecule has 1 atom stereocenters. The van der Waals surface area contributed by atoms with Gasteiger partial charge < -0.3 is 10.0 Å². The van der Waals surface area contributed by atoms with Gasteiger partial charge in [-0.25, -0.2) is 4.98 Å². The van der Waals surface area contributed by atoms with Crippen LogP contribution < -0.4 is 0 Å². The lowest BCUT2D eigenvalue weighted by Crippen LogP contribution is -2.40. The Balaban J connectivity index is 2.07. The smallest absolute Gasteiger partial charge is 0.265 e. The van der Waals surface area contributed by atoms with Crippen LogP contribution in [0.1, 0.15) is 28.2 Å². The molecule has 1 saturated heterocycles.